The number of aliphatic imine (C=N–C) groups is 1. The van der Waals surface area contributed by atoms with Crippen molar-refractivity contribution in [3.05, 3.63) is 63.6 Å². The molecule has 7 heteroatoms. The van der Waals surface area contributed by atoms with Crippen molar-refractivity contribution in [1.29, 1.82) is 0 Å². The number of carbonyl (C=O) groups is 1. The fourth-order valence-corrected chi connectivity index (χ4v) is 3.60. The maximum atomic E-state index is 12.6. The second-order valence-corrected chi connectivity index (χ2v) is 8.10. The molecule has 3 rings (SSSR count). The second-order valence-electron chi connectivity index (χ2n) is 7.19. The van der Waals surface area contributed by atoms with Crippen LogP contribution in [0.5, 0.6) is 0 Å². The Morgan fingerprint density at radius 2 is 2.03 bits per heavy atom. The van der Waals surface area contributed by atoms with Gasteiger partial charge in [-0.1, -0.05) is 22.0 Å². The minimum atomic E-state index is -0.658. The number of fused-ring (bicyclic) bond motifs is 1. The molecule has 1 aliphatic carbocycles. The van der Waals surface area contributed by atoms with Crippen LogP contribution in [-0.4, -0.2) is 55.2 Å². The highest BCUT2D eigenvalue weighted by molar-refractivity contribution is 9.10. The van der Waals surface area contributed by atoms with E-state index in [1.54, 1.807) is 19.2 Å². The first-order valence-electron chi connectivity index (χ1n) is 9.51. The molecule has 0 heterocycles. The third-order valence-electron chi connectivity index (χ3n) is 5.15. The molecule has 0 bridgehead atoms. The molecule has 0 radical (unpaired) electrons. The van der Waals surface area contributed by atoms with Gasteiger partial charge in [0.05, 0.1) is 24.4 Å². The van der Waals surface area contributed by atoms with E-state index in [1.807, 2.05) is 49.2 Å². The van der Waals surface area contributed by atoms with Crippen LogP contribution < -0.4 is 5.32 Å². The van der Waals surface area contributed by atoms with Crippen LogP contribution in [0.3, 0.4) is 0 Å². The normalized spacial score (nSPS) is 18.4. The second kappa shape index (κ2) is 9.52. The minimum absolute atomic E-state index is 0.209. The number of aliphatic hydroxyl groups is 1. The lowest BCUT2D eigenvalue weighted by molar-refractivity contribution is 0.0858. The lowest BCUT2D eigenvalue weighted by Gasteiger charge is -2.19. The monoisotopic (exact) mass is 459 g/mol. The smallest absolute Gasteiger partial charge is 0.251 e. The molecule has 154 valence electrons. The molecular weight excluding hydrogens is 434 g/mol. The van der Waals surface area contributed by atoms with Gasteiger partial charge in [0.25, 0.3) is 5.91 Å². The van der Waals surface area contributed by atoms with Crippen molar-refractivity contribution in [2.45, 2.75) is 25.5 Å². The molecule has 2 aromatic carbocycles. The van der Waals surface area contributed by atoms with Crippen LogP contribution in [0.2, 0.25) is 0 Å². The summed E-state index contributed by atoms with van der Waals surface area (Å²) in [5.74, 6) is 0.662. The molecule has 29 heavy (non-hydrogen) atoms. The zero-order valence-electron chi connectivity index (χ0n) is 16.9. The molecule has 0 fully saturated rings. The quantitative estimate of drug-likeness (QED) is 0.512. The highest BCUT2D eigenvalue weighted by atomic mass is 79.9. The van der Waals surface area contributed by atoms with E-state index in [9.17, 15) is 9.90 Å². The highest BCUT2D eigenvalue weighted by Gasteiger charge is 2.32. The zero-order chi connectivity index (χ0) is 21.0. The Hall–Kier alpha value is -2.22. The third kappa shape index (κ3) is 5.23. The summed E-state index contributed by atoms with van der Waals surface area (Å²) in [6.07, 6.45) is -0.147. The molecule has 0 spiro atoms. The average Bonchev–Trinajstić information content (AvgIpc) is 3.01. The Morgan fingerprint density at radius 3 is 2.72 bits per heavy atom. The van der Waals surface area contributed by atoms with Crippen LogP contribution in [0.25, 0.3) is 0 Å². The first-order valence-corrected chi connectivity index (χ1v) is 10.3. The standard InChI is InChI=1S/C22H26BrN3O3/c1-14(26(2)10-11-29-3)24-18-9-6-16-12-20(27)21(19(16)13-18)25-22(28)15-4-7-17(23)8-5-15/h4-9,13,20-21,27H,10-12H2,1-3H3,(H,25,28)/t20-,21?/m1/s1. The van der Waals surface area contributed by atoms with Crippen molar-refractivity contribution >= 4 is 33.4 Å². The van der Waals surface area contributed by atoms with Gasteiger partial charge in [0.1, 0.15) is 5.84 Å². The van der Waals surface area contributed by atoms with Gasteiger partial charge in [-0.3, -0.25) is 4.79 Å². The molecule has 1 unspecified atom stereocenters. The van der Waals surface area contributed by atoms with E-state index >= 15 is 0 Å². The van der Waals surface area contributed by atoms with Gasteiger partial charge >= 0.3 is 0 Å². The molecule has 1 amide bonds. The summed E-state index contributed by atoms with van der Waals surface area (Å²) >= 11 is 3.37. The SMILES string of the molecule is COCCN(C)C(C)=Nc1ccc2c(c1)C(NC(=O)c1ccc(Br)cc1)[C@H](O)C2. The molecule has 0 aromatic heterocycles. The fourth-order valence-electron chi connectivity index (χ4n) is 3.34. The van der Waals surface area contributed by atoms with Crippen molar-refractivity contribution in [2.75, 3.05) is 27.3 Å². The van der Waals surface area contributed by atoms with Gasteiger partial charge in [-0.15, -0.1) is 0 Å². The molecule has 1 aliphatic rings. The van der Waals surface area contributed by atoms with Crippen molar-refractivity contribution in [1.82, 2.24) is 10.2 Å². The number of nitrogens with zero attached hydrogens (tertiary/aromatic N) is 2. The van der Waals surface area contributed by atoms with Gasteiger partial charge in [0.2, 0.25) is 0 Å². The molecule has 2 atom stereocenters. The van der Waals surface area contributed by atoms with Crippen molar-refractivity contribution in [3.8, 4) is 0 Å². The number of likely N-dealkylation sites (N-methyl/N-ethyl adjacent to an activating group) is 1. The summed E-state index contributed by atoms with van der Waals surface area (Å²) in [5, 5.41) is 13.5. The fraction of sp³-hybridized carbons (Fsp3) is 0.364. The Labute approximate surface area is 179 Å². The van der Waals surface area contributed by atoms with E-state index in [0.29, 0.717) is 18.6 Å². The maximum Gasteiger partial charge on any atom is 0.251 e. The molecular formula is C22H26BrN3O3. The van der Waals surface area contributed by atoms with E-state index in [1.165, 1.54) is 0 Å². The number of methoxy groups -OCH3 is 1. The Morgan fingerprint density at radius 1 is 1.31 bits per heavy atom. The minimum Gasteiger partial charge on any atom is -0.390 e. The molecule has 0 saturated heterocycles. The molecule has 6 nitrogen and oxygen atoms in total. The van der Waals surface area contributed by atoms with Crippen LogP contribution in [0.4, 0.5) is 5.69 Å². The number of hydrogen-bond acceptors (Lipinski definition) is 4. The van der Waals surface area contributed by atoms with Crippen LogP contribution in [0, 0.1) is 0 Å². The van der Waals surface area contributed by atoms with E-state index in [4.69, 9.17) is 4.74 Å². The first kappa shape index (κ1) is 21.5. The van der Waals surface area contributed by atoms with Gasteiger partial charge in [-0.05, 0) is 54.4 Å². The van der Waals surface area contributed by atoms with Gasteiger partial charge in [0.15, 0.2) is 0 Å². The number of aliphatic hydroxyl groups excluding tert-OH is 1. The van der Waals surface area contributed by atoms with Crippen LogP contribution in [0.15, 0.2) is 51.9 Å². The lowest BCUT2D eigenvalue weighted by atomic mass is 10.1. The number of rotatable bonds is 6. The Balaban J connectivity index is 1.79. The maximum absolute atomic E-state index is 12.6. The number of hydrogen-bond donors (Lipinski definition) is 2. The summed E-state index contributed by atoms with van der Waals surface area (Å²) in [6, 6.07) is 12.6. The Bertz CT molecular complexity index is 899. The van der Waals surface area contributed by atoms with Gasteiger partial charge in [-0.2, -0.15) is 0 Å². The van der Waals surface area contributed by atoms with Crippen molar-refractivity contribution in [2.24, 2.45) is 4.99 Å². The van der Waals surface area contributed by atoms with Gasteiger partial charge < -0.3 is 20.1 Å². The topological polar surface area (TPSA) is 74.2 Å². The summed E-state index contributed by atoms with van der Waals surface area (Å²) in [7, 11) is 3.64. The van der Waals surface area contributed by atoms with Crippen LogP contribution >= 0.6 is 15.9 Å². The number of amides is 1. The van der Waals surface area contributed by atoms with Gasteiger partial charge in [0, 0.05) is 37.2 Å². The van der Waals surface area contributed by atoms with Crippen molar-refractivity contribution in [3.63, 3.8) is 0 Å². The average molecular weight is 460 g/mol. The number of benzene rings is 2. The number of halogens is 1. The number of amidine groups is 1. The molecule has 0 saturated carbocycles. The molecule has 2 aromatic rings. The molecule has 0 aliphatic heterocycles. The summed E-state index contributed by atoms with van der Waals surface area (Å²) in [5.41, 5.74) is 3.29. The van der Waals surface area contributed by atoms with Crippen LogP contribution in [0.1, 0.15) is 34.5 Å². The highest BCUT2D eigenvalue weighted by Crippen LogP contribution is 2.34. The molecule has 2 N–H and O–H groups in total. The summed E-state index contributed by atoms with van der Waals surface area (Å²) < 4.78 is 6.02. The van der Waals surface area contributed by atoms with E-state index in [-0.39, 0.29) is 5.91 Å². The van der Waals surface area contributed by atoms with E-state index in [2.05, 4.69) is 26.2 Å². The predicted octanol–water partition coefficient (Wildman–Crippen LogP) is 3.47. The predicted molar refractivity (Wildman–Crippen MR) is 118 cm³/mol. The Kier molecular flexibility index (Phi) is 7.05. The lowest BCUT2D eigenvalue weighted by Crippen LogP contribution is -2.33. The first-order chi connectivity index (χ1) is 13.9. The van der Waals surface area contributed by atoms with E-state index < -0.39 is 12.1 Å². The van der Waals surface area contributed by atoms with Crippen molar-refractivity contribution < 1.29 is 14.6 Å². The van der Waals surface area contributed by atoms with Gasteiger partial charge in [-0.25, -0.2) is 4.99 Å². The third-order valence-corrected chi connectivity index (χ3v) is 5.67. The number of nitrogens with one attached hydrogen (secondary N) is 1. The van der Waals surface area contributed by atoms with E-state index in [0.717, 1.165) is 33.7 Å². The number of ether oxygens (including phenoxy) is 1. The summed E-state index contributed by atoms with van der Waals surface area (Å²) in [6.45, 7) is 3.33. The summed E-state index contributed by atoms with van der Waals surface area (Å²) in [4.78, 5) is 19.3. The largest absolute Gasteiger partial charge is 0.390 e. The zero-order valence-corrected chi connectivity index (χ0v) is 18.4. The number of carbonyl (C=O) groups excluding carboxylic acids is 1. The van der Waals surface area contributed by atoms with Crippen LogP contribution in [-0.2, 0) is 11.2 Å².